The van der Waals surface area contributed by atoms with Crippen molar-refractivity contribution in [3.63, 3.8) is 0 Å². The zero-order valence-electron chi connectivity index (χ0n) is 37.7. The molecule has 0 saturated carbocycles. The highest BCUT2D eigenvalue weighted by Gasteiger charge is 2.34. The number of hydrogen-bond acceptors (Lipinski definition) is 21. The monoisotopic (exact) mass is 989 g/mol. The van der Waals surface area contributed by atoms with Gasteiger partial charge in [-0.2, -0.15) is 0 Å². The molecule has 0 bridgehead atoms. The Morgan fingerprint density at radius 3 is 1.81 bits per heavy atom. The van der Waals surface area contributed by atoms with E-state index in [9.17, 15) is 50.4 Å². The third kappa shape index (κ3) is 17.7. The molecule has 0 aliphatic heterocycles. The largest absolute Gasteiger partial charge is 0.394 e. The van der Waals surface area contributed by atoms with Crippen molar-refractivity contribution in [1.29, 1.82) is 5.41 Å². The molecule has 26 heteroatoms. The van der Waals surface area contributed by atoms with Crippen LogP contribution in [0.15, 0.2) is 48.5 Å². The number of aliphatic hydroxyl groups is 10. The molecule has 4 aromatic rings. The molecule has 69 heavy (non-hydrogen) atoms. The molecule has 0 aliphatic rings. The first-order valence-corrected chi connectivity index (χ1v) is 22.6. The van der Waals surface area contributed by atoms with Crippen LogP contribution in [0.2, 0.25) is 5.15 Å². The summed E-state index contributed by atoms with van der Waals surface area (Å²) in [6.07, 6.45) is -10.5. The van der Waals surface area contributed by atoms with E-state index in [0.29, 0.717) is 38.1 Å². The number of amides is 2. The number of carbonyl (C=O) groups excluding carboxylic acids is 2. The van der Waals surface area contributed by atoms with Gasteiger partial charge in [0.15, 0.2) is 34.3 Å². The zero-order valence-corrected chi connectivity index (χ0v) is 38.5. The van der Waals surface area contributed by atoms with Crippen LogP contribution in [-0.2, 0) is 17.6 Å². The Kier molecular flexibility index (Phi) is 22.9. The Hall–Kier alpha value is -5.55. The van der Waals surface area contributed by atoms with E-state index in [-0.39, 0.29) is 47.3 Å². The van der Waals surface area contributed by atoms with E-state index in [2.05, 4.69) is 58.7 Å². The Bertz CT molecular complexity index is 2150. The lowest BCUT2D eigenvalue weighted by atomic mass is 9.99. The molecule has 2 aromatic carbocycles. The van der Waals surface area contributed by atoms with E-state index in [1.807, 2.05) is 36.4 Å². The van der Waals surface area contributed by atoms with Crippen LogP contribution in [0.3, 0.4) is 0 Å². The second kappa shape index (κ2) is 28.2. The first-order chi connectivity index (χ1) is 32.9. The van der Waals surface area contributed by atoms with Crippen molar-refractivity contribution >= 4 is 41.0 Å². The molecule has 380 valence electrons. The van der Waals surface area contributed by atoms with Gasteiger partial charge in [0.2, 0.25) is 5.91 Å². The number of carbonyl (C=O) groups is 2. The number of aromatic amines is 1. The number of aliphatic hydroxyl groups excluding tert-OH is 10. The highest BCUT2D eigenvalue weighted by atomic mass is 35.5. The van der Waals surface area contributed by atoms with Crippen LogP contribution < -0.4 is 27.4 Å². The van der Waals surface area contributed by atoms with E-state index in [4.69, 9.17) is 38.7 Å². The summed E-state index contributed by atoms with van der Waals surface area (Å²) in [5, 5.41) is 130. The standard InChI is InChI=1S/C43H64ClN13O12/c44-38-40(46)51-39(45)33(50-38)42(69)52-43(47)48-17-3-1-5-23-7-12-25(13-8-23)26-14-9-24(10-15-26)11-16-32(64)49-27(41-53-55-56-54-41)6-2-4-18-57(19-28(60)34(65)36(67)30(62)21-58)20-29(61)35(66)37(68)31(63)22-59/h7-10,12-15,27-31,34-37,58-63,65-68H,1-6,11,16-22H2,(H,49,64)(H4,45,46,51)(H3,47,48,52,69)(H,53,54,55,56)/t27-,28+,29+,30-,31-,34-,35-,36-,37-/m1/s1. The fourth-order valence-corrected chi connectivity index (χ4v) is 7.28. The molecule has 0 fully saturated rings. The van der Waals surface area contributed by atoms with E-state index in [1.165, 1.54) is 4.90 Å². The van der Waals surface area contributed by atoms with Gasteiger partial charge in [-0.15, -0.1) is 5.10 Å². The number of aryl methyl sites for hydroxylation is 2. The quantitative estimate of drug-likeness (QED) is 0.0145. The van der Waals surface area contributed by atoms with Gasteiger partial charge >= 0.3 is 0 Å². The number of halogens is 1. The lowest BCUT2D eigenvalue weighted by molar-refractivity contribution is -0.130. The summed E-state index contributed by atoms with van der Waals surface area (Å²) < 4.78 is 0. The molecule has 19 N–H and O–H groups in total. The van der Waals surface area contributed by atoms with Gasteiger partial charge in [-0.05, 0) is 84.2 Å². The van der Waals surface area contributed by atoms with Crippen LogP contribution in [0, 0.1) is 5.41 Å². The summed E-state index contributed by atoms with van der Waals surface area (Å²) in [7, 11) is 0. The molecule has 25 nitrogen and oxygen atoms in total. The predicted molar refractivity (Wildman–Crippen MR) is 250 cm³/mol. The lowest BCUT2D eigenvalue weighted by Gasteiger charge is -2.33. The van der Waals surface area contributed by atoms with Crippen LogP contribution in [0.1, 0.15) is 72.0 Å². The Labute approximate surface area is 402 Å². The second-order valence-electron chi connectivity index (χ2n) is 16.5. The third-order valence-electron chi connectivity index (χ3n) is 11.2. The van der Waals surface area contributed by atoms with Crippen molar-refractivity contribution in [1.82, 2.24) is 51.4 Å². The molecule has 0 radical (unpaired) electrons. The van der Waals surface area contributed by atoms with E-state index < -0.39 is 87.1 Å². The highest BCUT2D eigenvalue weighted by molar-refractivity contribution is 6.31. The maximum absolute atomic E-state index is 13.2. The molecule has 2 amide bonds. The minimum absolute atomic E-state index is 0.104. The topological polar surface area (TPSA) is 432 Å². The van der Waals surface area contributed by atoms with Crippen LogP contribution in [0.25, 0.3) is 11.1 Å². The number of hydrogen-bond donors (Lipinski definition) is 17. The summed E-state index contributed by atoms with van der Waals surface area (Å²) >= 11 is 5.83. The Morgan fingerprint density at radius 2 is 1.28 bits per heavy atom. The number of nitrogen functional groups attached to an aromatic ring is 2. The number of aromatic nitrogens is 6. The number of guanidine groups is 1. The van der Waals surface area contributed by atoms with Crippen LogP contribution in [0.4, 0.5) is 11.6 Å². The van der Waals surface area contributed by atoms with E-state index >= 15 is 0 Å². The van der Waals surface area contributed by atoms with Crippen LogP contribution >= 0.6 is 11.6 Å². The number of tetrazole rings is 1. The summed E-state index contributed by atoms with van der Waals surface area (Å²) in [6.45, 7) is -2.04. The zero-order chi connectivity index (χ0) is 50.6. The molecular weight excluding hydrogens is 926 g/mol. The summed E-state index contributed by atoms with van der Waals surface area (Å²) in [4.78, 5) is 34.6. The molecule has 9 atom stereocenters. The Morgan fingerprint density at radius 1 is 0.725 bits per heavy atom. The average molecular weight is 991 g/mol. The molecule has 0 unspecified atom stereocenters. The molecule has 2 aromatic heterocycles. The smallest absolute Gasteiger partial charge is 0.280 e. The number of H-pyrrole nitrogens is 1. The van der Waals surface area contributed by atoms with Gasteiger partial charge in [0.25, 0.3) is 5.91 Å². The normalized spacial score (nSPS) is 15.6. The SMILES string of the molecule is N=C(NCCCCc1ccc(-c2ccc(CCC(=O)N[C@H](CCCCN(C[C@H](O)[C@@H](O)[C@H](O)[C@H](O)CO)C[C@H](O)[C@@H](O)[C@H](O)[C@H](O)CO)c3nnn[nH]3)cc2)cc1)NC(=O)c1nc(Cl)c(N)nc1N. The number of rotatable bonds is 29. The molecular formula is C43H64ClN13O12. The van der Waals surface area contributed by atoms with Crippen molar-refractivity contribution < 1.29 is 60.7 Å². The van der Waals surface area contributed by atoms with Gasteiger partial charge in [-0.3, -0.25) is 25.2 Å². The first-order valence-electron chi connectivity index (χ1n) is 22.2. The molecule has 0 spiro atoms. The third-order valence-corrected chi connectivity index (χ3v) is 11.5. The van der Waals surface area contributed by atoms with E-state index in [1.54, 1.807) is 0 Å². The van der Waals surface area contributed by atoms with Gasteiger partial charge in [-0.25, -0.2) is 15.1 Å². The molecule has 0 aliphatic carbocycles. The molecule has 0 saturated heterocycles. The van der Waals surface area contributed by atoms with Gasteiger partial charge in [-0.1, -0.05) is 60.1 Å². The fraction of sp³-hybridized carbons (Fsp3) is 0.535. The van der Waals surface area contributed by atoms with Crippen LogP contribution in [-0.4, -0.2) is 193 Å². The summed E-state index contributed by atoms with van der Waals surface area (Å²) in [6, 6.07) is 15.4. The summed E-state index contributed by atoms with van der Waals surface area (Å²) in [5.41, 5.74) is 15.1. The van der Waals surface area contributed by atoms with Crippen LogP contribution in [0.5, 0.6) is 0 Å². The van der Waals surface area contributed by atoms with Crippen molar-refractivity contribution in [2.24, 2.45) is 0 Å². The lowest BCUT2D eigenvalue weighted by Crippen LogP contribution is -2.53. The van der Waals surface area contributed by atoms with Crippen molar-refractivity contribution in [2.75, 3.05) is 50.9 Å². The van der Waals surface area contributed by atoms with E-state index in [0.717, 1.165) is 41.5 Å². The maximum Gasteiger partial charge on any atom is 0.280 e. The first kappa shape index (κ1) is 56.0. The number of nitrogens with two attached hydrogens (primary N) is 2. The minimum atomic E-state index is -1.91. The highest BCUT2D eigenvalue weighted by Crippen LogP contribution is 2.23. The summed E-state index contributed by atoms with van der Waals surface area (Å²) in [5.74, 6) is -1.22. The van der Waals surface area contributed by atoms with Crippen molar-refractivity contribution in [3.05, 3.63) is 76.3 Å². The second-order valence-corrected chi connectivity index (χ2v) is 16.9. The number of benzene rings is 2. The minimum Gasteiger partial charge on any atom is -0.394 e. The van der Waals surface area contributed by atoms with Crippen molar-refractivity contribution in [3.8, 4) is 11.1 Å². The van der Waals surface area contributed by atoms with Crippen molar-refractivity contribution in [2.45, 2.75) is 106 Å². The molecule has 4 rings (SSSR count). The number of nitrogens with zero attached hydrogens (tertiary/aromatic N) is 6. The number of unbranched alkanes of at least 4 members (excludes halogenated alkanes) is 2. The van der Waals surface area contributed by atoms with Gasteiger partial charge in [0, 0.05) is 26.1 Å². The van der Waals surface area contributed by atoms with Gasteiger partial charge in [0.05, 0.1) is 31.5 Å². The average Bonchev–Trinajstić information content (AvgIpc) is 3.89. The fourth-order valence-electron chi connectivity index (χ4n) is 7.15. The maximum atomic E-state index is 13.2. The number of nitrogens with one attached hydrogen (secondary N) is 5. The van der Waals surface area contributed by atoms with Gasteiger partial charge in [0.1, 0.15) is 36.6 Å². The number of anilines is 2. The predicted octanol–water partition coefficient (Wildman–Crippen LogP) is -3.11. The molecule has 2 heterocycles. The van der Waals surface area contributed by atoms with Gasteiger partial charge < -0.3 is 73.2 Å². The Balaban J connectivity index is 1.22.